The zero-order valence-electron chi connectivity index (χ0n) is 19.5. The second-order valence-electron chi connectivity index (χ2n) is 8.42. The minimum atomic E-state index is -0.493. The Morgan fingerprint density at radius 2 is 1.89 bits per heavy atom. The summed E-state index contributed by atoms with van der Waals surface area (Å²) in [7, 11) is 0. The van der Waals surface area contributed by atoms with Crippen molar-refractivity contribution < 1.29 is 23.7 Å². The van der Waals surface area contributed by atoms with Gasteiger partial charge in [0.25, 0.3) is 0 Å². The third-order valence-corrected chi connectivity index (χ3v) is 7.50. The number of halogens is 3. The largest absolute Gasteiger partial charge is 0.394 e. The maximum absolute atomic E-state index is 13.2. The van der Waals surface area contributed by atoms with Crippen LogP contribution in [0.1, 0.15) is 47.8 Å². The highest BCUT2D eigenvalue weighted by Crippen LogP contribution is 2.40. The second-order valence-corrected chi connectivity index (χ2v) is 9.94. The number of hydrogen-bond acceptors (Lipinski definition) is 4. The molecule has 0 spiro atoms. The van der Waals surface area contributed by atoms with Crippen molar-refractivity contribution in [2.45, 2.75) is 44.0 Å². The summed E-state index contributed by atoms with van der Waals surface area (Å²) in [5.74, 6) is -0.658. The molecule has 35 heavy (non-hydrogen) atoms. The van der Waals surface area contributed by atoms with E-state index in [0.717, 1.165) is 32.5 Å². The third kappa shape index (κ3) is 7.32. The van der Waals surface area contributed by atoms with Crippen molar-refractivity contribution in [3.05, 3.63) is 107 Å². The molecule has 2 N–H and O–H groups in total. The summed E-state index contributed by atoms with van der Waals surface area (Å²) in [6, 6.07) is 16.5. The summed E-state index contributed by atoms with van der Waals surface area (Å²) < 4.78 is 30.3. The van der Waals surface area contributed by atoms with Gasteiger partial charge in [-0.1, -0.05) is 55.9 Å². The van der Waals surface area contributed by atoms with Gasteiger partial charge in [0.15, 0.2) is 0 Å². The Morgan fingerprint density at radius 3 is 2.51 bits per heavy atom. The van der Waals surface area contributed by atoms with E-state index in [9.17, 15) is 19.0 Å². The average Bonchev–Trinajstić information content (AvgIpc) is 3.34. The first-order valence-corrected chi connectivity index (χ1v) is 12.5. The van der Waals surface area contributed by atoms with Crippen LogP contribution < -0.4 is 0 Å². The molecule has 0 saturated carbocycles. The van der Waals surface area contributed by atoms with Gasteiger partial charge >= 0.3 is 0 Å². The van der Waals surface area contributed by atoms with Gasteiger partial charge in [0.1, 0.15) is 11.6 Å². The molecule has 3 unspecified atom stereocenters. The summed E-state index contributed by atoms with van der Waals surface area (Å²) in [5, 5.41) is 20.3. The monoisotopic (exact) mass is 518 g/mol. The van der Waals surface area contributed by atoms with Crippen molar-refractivity contribution in [1.82, 2.24) is 0 Å². The first kappa shape index (κ1) is 27.2. The van der Waals surface area contributed by atoms with Crippen molar-refractivity contribution >= 4 is 22.9 Å². The van der Waals surface area contributed by atoms with E-state index in [0.29, 0.717) is 17.9 Å². The molecule has 0 bridgehead atoms. The Balaban J connectivity index is 0.000000623. The summed E-state index contributed by atoms with van der Waals surface area (Å²) >= 11 is 8.20. The Labute approximate surface area is 214 Å². The van der Waals surface area contributed by atoms with Crippen LogP contribution in [-0.2, 0) is 4.74 Å². The molecule has 1 aliphatic heterocycles. The zero-order valence-corrected chi connectivity index (χ0v) is 21.0. The van der Waals surface area contributed by atoms with E-state index in [2.05, 4.69) is 26.1 Å². The van der Waals surface area contributed by atoms with Gasteiger partial charge in [0, 0.05) is 33.5 Å². The second kappa shape index (κ2) is 12.6. The fourth-order valence-corrected chi connectivity index (χ4v) is 5.29. The molecule has 3 aromatic rings. The Morgan fingerprint density at radius 1 is 1.20 bits per heavy atom. The predicted molar refractivity (Wildman–Crippen MR) is 139 cm³/mol. The Bertz CT molecular complexity index is 1150. The number of hydrogen-bond donors (Lipinski definition) is 2. The number of aliphatic hydroxyl groups is 2. The Hall–Kier alpha value is -2.35. The minimum Gasteiger partial charge on any atom is -0.394 e. The smallest absolute Gasteiger partial charge is 0.123 e. The van der Waals surface area contributed by atoms with Gasteiger partial charge in [-0.3, -0.25) is 0 Å². The molecule has 2 aromatic carbocycles. The zero-order chi connectivity index (χ0) is 25.5. The maximum Gasteiger partial charge on any atom is 0.123 e. The summed E-state index contributed by atoms with van der Waals surface area (Å²) in [5.41, 5.74) is 2.93. The van der Waals surface area contributed by atoms with Crippen LogP contribution in [0.4, 0.5) is 8.78 Å². The molecule has 0 radical (unpaired) electrons. The lowest BCUT2D eigenvalue weighted by molar-refractivity contribution is -0.113. The van der Waals surface area contributed by atoms with Crippen molar-refractivity contribution in [1.29, 1.82) is 0 Å². The van der Waals surface area contributed by atoms with E-state index >= 15 is 0 Å². The standard InChI is InChI=1S/C24H24ClFO3S.C4H5F/c1-14(23-8-9-24(30-23)15-2-5-17(26)6-3-15)20-10-16(4-7-21(20)25)22-12-18(28)11-19(13-27)29-22;1-3-4(2)5/h2-10,14,18-19,22,27-28H,11-13H2,1H3;3H,1-2H2/t14?,18?,19?,22-;/m1./s1. The number of allylic oxidation sites excluding steroid dienone is 2. The minimum absolute atomic E-state index is 0.0683. The fraction of sp³-hybridized carbons (Fsp3) is 0.286. The van der Waals surface area contributed by atoms with Gasteiger partial charge in [-0.2, -0.15) is 0 Å². The number of rotatable bonds is 6. The molecule has 0 amide bonds. The van der Waals surface area contributed by atoms with E-state index in [1.807, 2.05) is 24.3 Å². The van der Waals surface area contributed by atoms with Crippen molar-refractivity contribution in [3.63, 3.8) is 0 Å². The van der Waals surface area contributed by atoms with E-state index in [1.54, 1.807) is 23.5 Å². The van der Waals surface area contributed by atoms with Crippen LogP contribution in [0, 0.1) is 5.82 Å². The van der Waals surface area contributed by atoms with E-state index in [4.69, 9.17) is 16.3 Å². The van der Waals surface area contributed by atoms with Gasteiger partial charge in [0.2, 0.25) is 0 Å². The SMILES string of the molecule is C=CC(=C)F.CC(c1ccc(-c2ccc(F)cc2)s1)c1cc([C@H]2CC(O)CC(CO)O2)ccc1Cl. The lowest BCUT2D eigenvalue weighted by Crippen LogP contribution is -2.33. The highest BCUT2D eigenvalue weighted by Gasteiger charge is 2.29. The molecule has 186 valence electrons. The topological polar surface area (TPSA) is 49.7 Å². The first-order valence-electron chi connectivity index (χ1n) is 11.3. The fourth-order valence-electron chi connectivity index (χ4n) is 3.92. The molecule has 2 heterocycles. The molecule has 3 nitrogen and oxygen atoms in total. The molecular formula is C28H29ClF2O3S. The lowest BCUT2D eigenvalue weighted by Gasteiger charge is -2.33. The van der Waals surface area contributed by atoms with Crippen LogP contribution in [0.2, 0.25) is 5.02 Å². The number of thiophene rings is 1. The van der Waals surface area contributed by atoms with E-state index in [-0.39, 0.29) is 30.5 Å². The number of ether oxygens (including phenoxy) is 1. The van der Waals surface area contributed by atoms with Gasteiger partial charge in [-0.15, -0.1) is 11.3 Å². The van der Waals surface area contributed by atoms with E-state index in [1.165, 1.54) is 12.1 Å². The molecule has 1 aliphatic rings. The van der Waals surface area contributed by atoms with Crippen LogP contribution in [0.5, 0.6) is 0 Å². The molecule has 1 fully saturated rings. The van der Waals surface area contributed by atoms with Gasteiger partial charge in [-0.25, -0.2) is 8.78 Å². The summed E-state index contributed by atoms with van der Waals surface area (Å²) in [6.07, 6.45) is 0.885. The van der Waals surface area contributed by atoms with Crippen LogP contribution in [0.25, 0.3) is 10.4 Å². The predicted octanol–water partition coefficient (Wildman–Crippen LogP) is 7.59. The molecule has 0 aliphatic carbocycles. The van der Waals surface area contributed by atoms with Crippen molar-refractivity contribution in [3.8, 4) is 10.4 Å². The Kier molecular flexibility index (Phi) is 9.78. The maximum atomic E-state index is 13.2. The van der Waals surface area contributed by atoms with Crippen LogP contribution >= 0.6 is 22.9 Å². The lowest BCUT2D eigenvalue weighted by atomic mass is 9.92. The van der Waals surface area contributed by atoms with Crippen molar-refractivity contribution in [2.24, 2.45) is 0 Å². The highest BCUT2D eigenvalue weighted by molar-refractivity contribution is 7.15. The summed E-state index contributed by atoms with van der Waals surface area (Å²) in [4.78, 5) is 2.24. The van der Waals surface area contributed by atoms with E-state index < -0.39 is 11.9 Å². The van der Waals surface area contributed by atoms with Crippen molar-refractivity contribution in [2.75, 3.05) is 6.61 Å². The molecular weight excluding hydrogens is 490 g/mol. The van der Waals surface area contributed by atoms with Gasteiger partial charge in [0.05, 0.1) is 24.9 Å². The number of aliphatic hydroxyl groups excluding tert-OH is 2. The van der Waals surface area contributed by atoms with Gasteiger partial charge < -0.3 is 14.9 Å². The molecule has 1 aromatic heterocycles. The van der Waals surface area contributed by atoms with Crippen LogP contribution in [0.15, 0.2) is 79.7 Å². The molecule has 7 heteroatoms. The highest BCUT2D eigenvalue weighted by atomic mass is 35.5. The molecule has 4 atom stereocenters. The quantitative estimate of drug-likeness (QED) is 0.330. The average molecular weight is 519 g/mol. The third-order valence-electron chi connectivity index (χ3n) is 5.84. The van der Waals surface area contributed by atoms with Crippen LogP contribution in [-0.4, -0.2) is 29.0 Å². The summed E-state index contributed by atoms with van der Waals surface area (Å²) in [6.45, 7) is 7.98. The normalized spacial score (nSPS) is 20.5. The van der Waals surface area contributed by atoms with Gasteiger partial charge in [-0.05, 0) is 53.1 Å². The molecule has 4 rings (SSSR count). The molecule has 1 saturated heterocycles. The first-order chi connectivity index (χ1) is 16.7. The number of benzene rings is 2. The van der Waals surface area contributed by atoms with Crippen LogP contribution in [0.3, 0.4) is 0 Å².